The lowest BCUT2D eigenvalue weighted by Gasteiger charge is -2.36. The summed E-state index contributed by atoms with van der Waals surface area (Å²) in [5, 5.41) is 0.657. The van der Waals surface area contributed by atoms with Gasteiger partial charge in [0, 0.05) is 60.4 Å². The molecule has 1 fully saturated rings. The lowest BCUT2D eigenvalue weighted by Crippen LogP contribution is -2.49. The van der Waals surface area contributed by atoms with Crippen molar-refractivity contribution in [2.45, 2.75) is 20.3 Å². The minimum absolute atomic E-state index is 0.128. The van der Waals surface area contributed by atoms with Gasteiger partial charge in [-0.05, 0) is 43.7 Å². The van der Waals surface area contributed by atoms with Crippen LogP contribution in [-0.4, -0.2) is 51.9 Å². The number of rotatable bonds is 4. The van der Waals surface area contributed by atoms with E-state index in [0.29, 0.717) is 30.4 Å². The van der Waals surface area contributed by atoms with Gasteiger partial charge in [-0.2, -0.15) is 0 Å². The van der Waals surface area contributed by atoms with E-state index in [-0.39, 0.29) is 5.91 Å². The van der Waals surface area contributed by atoms with E-state index in [1.54, 1.807) is 12.4 Å². The third-order valence-electron chi connectivity index (χ3n) is 5.46. The molecule has 1 aliphatic rings. The maximum absolute atomic E-state index is 12.7. The molecule has 0 aliphatic carbocycles. The summed E-state index contributed by atoms with van der Waals surface area (Å²) in [4.78, 5) is 30.5. The van der Waals surface area contributed by atoms with Crippen molar-refractivity contribution in [3.8, 4) is 11.4 Å². The zero-order valence-electron chi connectivity index (χ0n) is 17.2. The SMILES string of the molecule is Cc1nc(-c2cccnc2)nc(N2CCN(C(=O)Cc3cccc(Cl)c3)CC2)c1C. The molecule has 3 heterocycles. The molecule has 3 aromatic rings. The van der Waals surface area contributed by atoms with Gasteiger partial charge in [-0.1, -0.05) is 23.7 Å². The smallest absolute Gasteiger partial charge is 0.227 e. The van der Waals surface area contributed by atoms with E-state index < -0.39 is 0 Å². The Balaban J connectivity index is 1.46. The molecule has 154 valence electrons. The second kappa shape index (κ2) is 8.79. The first-order chi connectivity index (χ1) is 14.5. The summed E-state index contributed by atoms with van der Waals surface area (Å²) in [6.45, 7) is 6.88. The van der Waals surface area contributed by atoms with Crippen molar-refractivity contribution >= 4 is 23.3 Å². The highest BCUT2D eigenvalue weighted by molar-refractivity contribution is 6.30. The lowest BCUT2D eigenvalue weighted by atomic mass is 10.1. The van der Waals surface area contributed by atoms with Crippen LogP contribution in [0.3, 0.4) is 0 Å². The summed E-state index contributed by atoms with van der Waals surface area (Å²) < 4.78 is 0. The van der Waals surface area contributed by atoms with Crippen molar-refractivity contribution in [1.82, 2.24) is 19.9 Å². The molecule has 0 N–H and O–H groups in total. The summed E-state index contributed by atoms with van der Waals surface area (Å²) in [5.41, 5.74) is 3.87. The number of anilines is 1. The van der Waals surface area contributed by atoms with Crippen LogP contribution in [0.1, 0.15) is 16.8 Å². The second-order valence-electron chi connectivity index (χ2n) is 7.50. The number of aromatic nitrogens is 3. The van der Waals surface area contributed by atoms with E-state index in [0.717, 1.165) is 41.3 Å². The number of hydrogen-bond donors (Lipinski definition) is 0. The number of carbonyl (C=O) groups excluding carboxylic acids is 1. The molecule has 0 spiro atoms. The maximum atomic E-state index is 12.7. The summed E-state index contributed by atoms with van der Waals surface area (Å²) in [6, 6.07) is 11.3. The predicted molar refractivity (Wildman–Crippen MR) is 119 cm³/mol. The van der Waals surface area contributed by atoms with Gasteiger partial charge in [0.2, 0.25) is 5.91 Å². The standard InChI is InChI=1S/C23H24ClN5O/c1-16-17(2)26-22(19-6-4-8-25-15-19)27-23(16)29-11-9-28(10-12-29)21(30)14-18-5-3-7-20(24)13-18/h3-8,13,15H,9-12,14H2,1-2H3. The number of halogens is 1. The van der Waals surface area contributed by atoms with E-state index in [4.69, 9.17) is 16.6 Å². The van der Waals surface area contributed by atoms with Crippen LogP contribution in [0, 0.1) is 13.8 Å². The highest BCUT2D eigenvalue weighted by Gasteiger charge is 2.24. The Morgan fingerprint density at radius 3 is 2.57 bits per heavy atom. The van der Waals surface area contributed by atoms with Gasteiger partial charge in [0.15, 0.2) is 5.82 Å². The van der Waals surface area contributed by atoms with Crippen LogP contribution in [-0.2, 0) is 11.2 Å². The number of hydrogen-bond acceptors (Lipinski definition) is 5. The molecular weight excluding hydrogens is 398 g/mol. The molecule has 7 heteroatoms. The number of nitrogens with zero attached hydrogens (tertiary/aromatic N) is 5. The Bertz CT molecular complexity index is 1050. The molecule has 1 aromatic carbocycles. The topological polar surface area (TPSA) is 62.2 Å². The molecular formula is C23H24ClN5O. The zero-order chi connectivity index (χ0) is 21.1. The monoisotopic (exact) mass is 421 g/mol. The molecule has 30 heavy (non-hydrogen) atoms. The fourth-order valence-corrected chi connectivity index (χ4v) is 3.86. The van der Waals surface area contributed by atoms with Crippen LogP contribution in [0.5, 0.6) is 0 Å². The van der Waals surface area contributed by atoms with Gasteiger partial charge in [0.05, 0.1) is 6.42 Å². The van der Waals surface area contributed by atoms with Crippen molar-refractivity contribution in [1.29, 1.82) is 0 Å². The van der Waals surface area contributed by atoms with Crippen molar-refractivity contribution in [2.75, 3.05) is 31.1 Å². The summed E-state index contributed by atoms with van der Waals surface area (Å²) >= 11 is 6.04. The van der Waals surface area contributed by atoms with Gasteiger partial charge in [0.1, 0.15) is 5.82 Å². The average Bonchev–Trinajstić information content (AvgIpc) is 2.76. The van der Waals surface area contributed by atoms with Gasteiger partial charge in [-0.3, -0.25) is 9.78 Å². The highest BCUT2D eigenvalue weighted by atomic mass is 35.5. The minimum atomic E-state index is 0.128. The fraction of sp³-hybridized carbons (Fsp3) is 0.304. The Labute approximate surface area is 181 Å². The molecule has 1 aliphatic heterocycles. The molecule has 1 amide bonds. The molecule has 0 unspecified atom stereocenters. The van der Waals surface area contributed by atoms with Gasteiger partial charge >= 0.3 is 0 Å². The van der Waals surface area contributed by atoms with Crippen molar-refractivity contribution in [3.05, 3.63) is 70.6 Å². The Morgan fingerprint density at radius 1 is 1.07 bits per heavy atom. The maximum Gasteiger partial charge on any atom is 0.227 e. The second-order valence-corrected chi connectivity index (χ2v) is 7.93. The van der Waals surface area contributed by atoms with Crippen molar-refractivity contribution < 1.29 is 4.79 Å². The molecule has 0 bridgehead atoms. The third kappa shape index (κ3) is 4.44. The molecule has 2 aromatic heterocycles. The van der Waals surface area contributed by atoms with Crippen LogP contribution in [0.25, 0.3) is 11.4 Å². The normalized spacial score (nSPS) is 14.1. The number of pyridine rings is 1. The average molecular weight is 422 g/mol. The van der Waals surface area contributed by atoms with E-state index in [1.165, 1.54) is 0 Å². The summed E-state index contributed by atoms with van der Waals surface area (Å²) in [6.07, 6.45) is 3.89. The zero-order valence-corrected chi connectivity index (χ0v) is 17.9. The van der Waals surface area contributed by atoms with E-state index in [1.807, 2.05) is 55.1 Å². The van der Waals surface area contributed by atoms with Crippen LogP contribution >= 0.6 is 11.6 Å². The molecule has 0 saturated carbocycles. The van der Waals surface area contributed by atoms with E-state index >= 15 is 0 Å². The van der Waals surface area contributed by atoms with Gasteiger partial charge < -0.3 is 9.80 Å². The van der Waals surface area contributed by atoms with Crippen LogP contribution < -0.4 is 4.90 Å². The van der Waals surface area contributed by atoms with Crippen LogP contribution in [0.4, 0.5) is 5.82 Å². The molecule has 6 nitrogen and oxygen atoms in total. The first-order valence-electron chi connectivity index (χ1n) is 10.0. The molecule has 0 atom stereocenters. The van der Waals surface area contributed by atoms with Gasteiger partial charge in [-0.15, -0.1) is 0 Å². The van der Waals surface area contributed by atoms with E-state index in [2.05, 4.69) is 14.9 Å². The lowest BCUT2D eigenvalue weighted by molar-refractivity contribution is -0.130. The summed E-state index contributed by atoms with van der Waals surface area (Å²) in [5.74, 6) is 1.74. The predicted octanol–water partition coefficient (Wildman–Crippen LogP) is 3.70. The third-order valence-corrected chi connectivity index (χ3v) is 5.69. The molecule has 4 rings (SSSR count). The number of aryl methyl sites for hydroxylation is 1. The Hall–Kier alpha value is -2.99. The van der Waals surface area contributed by atoms with E-state index in [9.17, 15) is 4.79 Å². The van der Waals surface area contributed by atoms with Crippen LogP contribution in [0.15, 0.2) is 48.8 Å². The Morgan fingerprint density at radius 2 is 1.87 bits per heavy atom. The largest absolute Gasteiger partial charge is 0.353 e. The number of benzene rings is 1. The highest BCUT2D eigenvalue weighted by Crippen LogP contribution is 2.25. The minimum Gasteiger partial charge on any atom is -0.353 e. The van der Waals surface area contributed by atoms with Crippen molar-refractivity contribution in [2.24, 2.45) is 0 Å². The fourth-order valence-electron chi connectivity index (χ4n) is 3.65. The van der Waals surface area contributed by atoms with Crippen LogP contribution in [0.2, 0.25) is 5.02 Å². The molecule has 0 radical (unpaired) electrons. The number of piperazine rings is 1. The Kier molecular flexibility index (Phi) is 5.95. The van der Waals surface area contributed by atoms with Crippen molar-refractivity contribution in [3.63, 3.8) is 0 Å². The number of amides is 1. The van der Waals surface area contributed by atoms with Gasteiger partial charge in [0.25, 0.3) is 0 Å². The first-order valence-corrected chi connectivity index (χ1v) is 10.4. The quantitative estimate of drug-likeness (QED) is 0.642. The first kappa shape index (κ1) is 20.3. The molecule has 1 saturated heterocycles. The van der Waals surface area contributed by atoms with Gasteiger partial charge in [-0.25, -0.2) is 9.97 Å². The number of carbonyl (C=O) groups is 1. The summed E-state index contributed by atoms with van der Waals surface area (Å²) in [7, 11) is 0.